The molecule has 0 aliphatic heterocycles. The molecule has 0 saturated heterocycles. The lowest BCUT2D eigenvalue weighted by atomic mass is 10.3. The second-order valence-corrected chi connectivity index (χ2v) is 4.50. The van der Waals surface area contributed by atoms with Gasteiger partial charge in [-0.1, -0.05) is 23.9 Å². The number of nitro benzene ring substituents is 1. The molecule has 1 aromatic heterocycles. The standard InChI is InChI=1S/C12H10N2O2S/c1-9-11(7-4-8-13-9)17-12-6-3-2-5-10(12)14(15)16/h2-8H,1H3. The van der Waals surface area contributed by atoms with Crippen LogP contribution >= 0.6 is 11.8 Å². The minimum Gasteiger partial charge on any atom is -0.260 e. The van der Waals surface area contributed by atoms with Gasteiger partial charge in [0.1, 0.15) is 0 Å². The van der Waals surface area contributed by atoms with E-state index in [9.17, 15) is 10.1 Å². The highest BCUT2D eigenvalue weighted by molar-refractivity contribution is 7.99. The summed E-state index contributed by atoms with van der Waals surface area (Å²) in [5.74, 6) is 0. The van der Waals surface area contributed by atoms with Crippen molar-refractivity contribution in [2.45, 2.75) is 16.7 Å². The minimum atomic E-state index is -0.367. The highest BCUT2D eigenvalue weighted by Crippen LogP contribution is 2.35. The molecule has 1 heterocycles. The zero-order chi connectivity index (χ0) is 12.3. The van der Waals surface area contributed by atoms with E-state index in [2.05, 4.69) is 4.98 Å². The van der Waals surface area contributed by atoms with Crippen LogP contribution in [-0.4, -0.2) is 9.91 Å². The first-order chi connectivity index (χ1) is 8.18. The van der Waals surface area contributed by atoms with E-state index in [4.69, 9.17) is 0 Å². The molecule has 17 heavy (non-hydrogen) atoms. The van der Waals surface area contributed by atoms with E-state index in [-0.39, 0.29) is 10.6 Å². The molecule has 0 saturated carbocycles. The third-order valence-electron chi connectivity index (χ3n) is 2.24. The molecule has 0 atom stereocenters. The van der Waals surface area contributed by atoms with Gasteiger partial charge in [-0.3, -0.25) is 15.1 Å². The Kier molecular flexibility index (Phi) is 3.39. The van der Waals surface area contributed by atoms with E-state index in [1.807, 2.05) is 19.1 Å². The minimum absolute atomic E-state index is 0.126. The number of hydrogen-bond donors (Lipinski definition) is 0. The molecule has 1 aromatic carbocycles. The van der Waals surface area contributed by atoms with Crippen molar-refractivity contribution < 1.29 is 4.92 Å². The van der Waals surface area contributed by atoms with E-state index in [1.54, 1.807) is 24.4 Å². The summed E-state index contributed by atoms with van der Waals surface area (Å²) >= 11 is 1.36. The molecule has 0 aliphatic carbocycles. The van der Waals surface area contributed by atoms with Crippen LogP contribution in [-0.2, 0) is 0 Å². The number of para-hydroxylation sites is 1. The number of hydrogen-bond acceptors (Lipinski definition) is 4. The van der Waals surface area contributed by atoms with Gasteiger partial charge in [0.2, 0.25) is 0 Å². The molecule has 86 valence electrons. The van der Waals surface area contributed by atoms with Crippen molar-refractivity contribution in [3.63, 3.8) is 0 Å². The van der Waals surface area contributed by atoms with Crippen LogP contribution in [0.1, 0.15) is 5.69 Å². The number of rotatable bonds is 3. The summed E-state index contributed by atoms with van der Waals surface area (Å²) in [4.78, 5) is 16.2. The maximum Gasteiger partial charge on any atom is 0.283 e. The highest BCUT2D eigenvalue weighted by atomic mass is 32.2. The normalized spacial score (nSPS) is 10.2. The van der Waals surface area contributed by atoms with Crippen LogP contribution in [0.5, 0.6) is 0 Å². The maximum absolute atomic E-state index is 10.9. The summed E-state index contributed by atoms with van der Waals surface area (Å²) in [5, 5.41) is 10.9. The maximum atomic E-state index is 10.9. The fourth-order valence-electron chi connectivity index (χ4n) is 1.39. The molecule has 0 spiro atoms. The molecule has 0 unspecified atom stereocenters. The number of aromatic nitrogens is 1. The molecule has 2 rings (SSSR count). The number of nitro groups is 1. The van der Waals surface area contributed by atoms with Crippen LogP contribution in [0.25, 0.3) is 0 Å². The van der Waals surface area contributed by atoms with Crippen molar-refractivity contribution in [2.24, 2.45) is 0 Å². The zero-order valence-corrected chi connectivity index (χ0v) is 9.98. The summed E-state index contributed by atoms with van der Waals surface area (Å²) in [6, 6.07) is 10.4. The lowest BCUT2D eigenvalue weighted by Gasteiger charge is -2.04. The average Bonchev–Trinajstić information content (AvgIpc) is 2.32. The average molecular weight is 246 g/mol. The lowest BCUT2D eigenvalue weighted by molar-refractivity contribution is -0.387. The van der Waals surface area contributed by atoms with Crippen LogP contribution in [0.2, 0.25) is 0 Å². The van der Waals surface area contributed by atoms with E-state index < -0.39 is 0 Å². The van der Waals surface area contributed by atoms with Gasteiger partial charge in [-0.15, -0.1) is 0 Å². The summed E-state index contributed by atoms with van der Waals surface area (Å²) in [7, 11) is 0. The summed E-state index contributed by atoms with van der Waals surface area (Å²) < 4.78 is 0. The van der Waals surface area contributed by atoms with Gasteiger partial charge in [0.05, 0.1) is 15.5 Å². The van der Waals surface area contributed by atoms with Gasteiger partial charge in [0.15, 0.2) is 0 Å². The number of pyridine rings is 1. The third-order valence-corrected chi connectivity index (χ3v) is 3.46. The quantitative estimate of drug-likeness (QED) is 0.614. The Morgan fingerprint density at radius 2 is 1.88 bits per heavy atom. The number of benzene rings is 1. The van der Waals surface area contributed by atoms with Crippen molar-refractivity contribution in [1.82, 2.24) is 4.98 Å². The number of nitrogens with zero attached hydrogens (tertiary/aromatic N) is 2. The van der Waals surface area contributed by atoms with E-state index in [0.29, 0.717) is 4.90 Å². The van der Waals surface area contributed by atoms with E-state index in [1.165, 1.54) is 17.8 Å². The van der Waals surface area contributed by atoms with Gasteiger partial charge in [-0.05, 0) is 25.1 Å². The zero-order valence-electron chi connectivity index (χ0n) is 9.16. The van der Waals surface area contributed by atoms with Gasteiger partial charge in [-0.25, -0.2) is 0 Å². The van der Waals surface area contributed by atoms with Crippen molar-refractivity contribution in [1.29, 1.82) is 0 Å². The number of aryl methyl sites for hydroxylation is 1. The Balaban J connectivity index is 2.37. The van der Waals surface area contributed by atoms with Gasteiger partial charge >= 0.3 is 0 Å². The summed E-state index contributed by atoms with van der Waals surface area (Å²) in [6.45, 7) is 1.89. The van der Waals surface area contributed by atoms with Gasteiger partial charge in [0, 0.05) is 17.2 Å². The van der Waals surface area contributed by atoms with Crippen LogP contribution in [0.3, 0.4) is 0 Å². The summed E-state index contributed by atoms with van der Waals surface area (Å²) in [5.41, 5.74) is 0.997. The van der Waals surface area contributed by atoms with Crippen LogP contribution < -0.4 is 0 Å². The van der Waals surface area contributed by atoms with E-state index in [0.717, 1.165) is 10.6 Å². The predicted octanol–water partition coefficient (Wildman–Crippen LogP) is 3.45. The summed E-state index contributed by atoms with van der Waals surface area (Å²) in [6.07, 6.45) is 1.71. The van der Waals surface area contributed by atoms with Crippen molar-refractivity contribution >= 4 is 17.4 Å². The second-order valence-electron chi connectivity index (χ2n) is 3.41. The Bertz CT molecular complexity index is 558. The lowest BCUT2D eigenvalue weighted by Crippen LogP contribution is -1.91. The van der Waals surface area contributed by atoms with E-state index >= 15 is 0 Å². The molecule has 5 heteroatoms. The third kappa shape index (κ3) is 2.62. The Labute approximate surface area is 103 Å². The Morgan fingerprint density at radius 3 is 2.59 bits per heavy atom. The van der Waals surface area contributed by atoms with Crippen LogP contribution in [0.4, 0.5) is 5.69 Å². The van der Waals surface area contributed by atoms with Crippen molar-refractivity contribution in [3.8, 4) is 0 Å². The first kappa shape index (κ1) is 11.6. The predicted molar refractivity (Wildman–Crippen MR) is 66.2 cm³/mol. The van der Waals surface area contributed by atoms with Gasteiger partial charge in [-0.2, -0.15) is 0 Å². The van der Waals surface area contributed by atoms with Crippen molar-refractivity contribution in [3.05, 3.63) is 58.4 Å². The van der Waals surface area contributed by atoms with Crippen molar-refractivity contribution in [2.75, 3.05) is 0 Å². The van der Waals surface area contributed by atoms with Gasteiger partial charge < -0.3 is 0 Å². The molecule has 4 nitrogen and oxygen atoms in total. The smallest absolute Gasteiger partial charge is 0.260 e. The van der Waals surface area contributed by atoms with Gasteiger partial charge in [0.25, 0.3) is 5.69 Å². The molecule has 0 N–H and O–H groups in total. The molecule has 0 aliphatic rings. The SMILES string of the molecule is Cc1ncccc1Sc1ccccc1[N+](=O)[O-]. The second kappa shape index (κ2) is 4.97. The largest absolute Gasteiger partial charge is 0.283 e. The Morgan fingerprint density at radius 1 is 1.18 bits per heavy atom. The van der Waals surface area contributed by atoms with Crippen LogP contribution in [0.15, 0.2) is 52.4 Å². The molecular formula is C12H10N2O2S. The topological polar surface area (TPSA) is 56.0 Å². The van der Waals surface area contributed by atoms with Crippen LogP contribution in [0, 0.1) is 17.0 Å². The first-order valence-corrected chi connectivity index (χ1v) is 5.83. The fraction of sp³-hybridized carbons (Fsp3) is 0.0833. The molecule has 0 bridgehead atoms. The molecule has 0 amide bonds. The monoisotopic (exact) mass is 246 g/mol. The fourth-order valence-corrected chi connectivity index (χ4v) is 2.37. The highest BCUT2D eigenvalue weighted by Gasteiger charge is 2.14. The molecular weight excluding hydrogens is 236 g/mol. The molecule has 0 fully saturated rings. The Hall–Kier alpha value is -1.88. The first-order valence-electron chi connectivity index (χ1n) is 5.01. The molecule has 0 radical (unpaired) electrons. The molecule has 2 aromatic rings.